The second-order valence-corrected chi connectivity index (χ2v) is 4.98. The van der Waals surface area contributed by atoms with Gasteiger partial charge in [0, 0.05) is 18.8 Å². The van der Waals surface area contributed by atoms with Gasteiger partial charge in [0.2, 0.25) is 5.91 Å². The highest BCUT2D eigenvalue weighted by Crippen LogP contribution is 2.16. The van der Waals surface area contributed by atoms with Crippen molar-refractivity contribution in [3.05, 3.63) is 30.3 Å². The second-order valence-electron chi connectivity index (χ2n) is 4.98. The first kappa shape index (κ1) is 15.5. The molecule has 6 nitrogen and oxygen atoms in total. The minimum absolute atomic E-state index is 0.203. The molecule has 1 saturated heterocycles. The molecular weight excluding hydrogens is 272 g/mol. The molecule has 21 heavy (non-hydrogen) atoms. The van der Waals surface area contributed by atoms with Gasteiger partial charge in [-0.05, 0) is 19.1 Å². The van der Waals surface area contributed by atoms with E-state index in [0.717, 1.165) is 0 Å². The van der Waals surface area contributed by atoms with Crippen LogP contribution in [0.25, 0.3) is 0 Å². The van der Waals surface area contributed by atoms with Gasteiger partial charge in [-0.2, -0.15) is 0 Å². The van der Waals surface area contributed by atoms with Crippen LogP contribution in [-0.2, 0) is 14.3 Å². The summed E-state index contributed by atoms with van der Waals surface area (Å²) in [6, 6.07) is 8.53. The Morgan fingerprint density at radius 2 is 1.90 bits per heavy atom. The lowest BCUT2D eigenvalue weighted by Gasteiger charge is -2.34. The smallest absolute Gasteiger partial charge is 0.323 e. The van der Waals surface area contributed by atoms with Crippen LogP contribution in [0.5, 0.6) is 0 Å². The number of ether oxygens (including phenoxy) is 1. The van der Waals surface area contributed by atoms with Gasteiger partial charge in [-0.3, -0.25) is 19.4 Å². The maximum Gasteiger partial charge on any atom is 0.323 e. The largest absolute Gasteiger partial charge is 0.480 e. The number of carbonyl (C=O) groups excluding carboxylic acids is 1. The zero-order valence-corrected chi connectivity index (χ0v) is 12.1. The lowest BCUT2D eigenvalue weighted by Crippen LogP contribution is -2.52. The number of morpholine rings is 1. The summed E-state index contributed by atoms with van der Waals surface area (Å²) in [6.07, 6.45) is 0. The summed E-state index contributed by atoms with van der Waals surface area (Å²) in [7, 11) is 0. The number of carboxylic acids is 1. The highest BCUT2D eigenvalue weighted by atomic mass is 16.5. The van der Waals surface area contributed by atoms with Gasteiger partial charge in [0.15, 0.2) is 0 Å². The van der Waals surface area contributed by atoms with Crippen LogP contribution in [-0.4, -0.2) is 60.8 Å². The molecule has 1 aliphatic heterocycles. The summed E-state index contributed by atoms with van der Waals surface area (Å²) in [5, 5.41) is 9.06. The average molecular weight is 292 g/mol. The Balaban J connectivity index is 2.15. The number of para-hydroxylation sites is 1. The third-order valence-corrected chi connectivity index (χ3v) is 3.58. The van der Waals surface area contributed by atoms with Crippen molar-refractivity contribution in [2.24, 2.45) is 0 Å². The third kappa shape index (κ3) is 4.03. The van der Waals surface area contributed by atoms with E-state index in [-0.39, 0.29) is 18.5 Å². The van der Waals surface area contributed by atoms with Gasteiger partial charge < -0.3 is 9.84 Å². The number of hydrogen-bond acceptors (Lipinski definition) is 4. The highest BCUT2D eigenvalue weighted by Gasteiger charge is 2.29. The maximum absolute atomic E-state index is 12.7. The summed E-state index contributed by atoms with van der Waals surface area (Å²) in [5.74, 6) is -1.23. The lowest BCUT2D eigenvalue weighted by molar-refractivity contribution is -0.137. The van der Waals surface area contributed by atoms with Crippen molar-refractivity contribution >= 4 is 17.6 Å². The van der Waals surface area contributed by atoms with Gasteiger partial charge in [0.25, 0.3) is 0 Å². The van der Waals surface area contributed by atoms with E-state index < -0.39 is 5.97 Å². The van der Waals surface area contributed by atoms with Crippen LogP contribution >= 0.6 is 0 Å². The Hall–Kier alpha value is -1.92. The third-order valence-electron chi connectivity index (χ3n) is 3.58. The lowest BCUT2D eigenvalue weighted by atomic mass is 10.2. The number of aliphatic carboxylic acids is 1. The molecule has 1 unspecified atom stereocenters. The Bertz CT molecular complexity index is 486. The van der Waals surface area contributed by atoms with Crippen molar-refractivity contribution in [2.75, 3.05) is 37.7 Å². The fourth-order valence-electron chi connectivity index (χ4n) is 2.39. The molecule has 0 aromatic heterocycles. The van der Waals surface area contributed by atoms with Gasteiger partial charge in [-0.15, -0.1) is 0 Å². The monoisotopic (exact) mass is 292 g/mol. The van der Waals surface area contributed by atoms with Crippen LogP contribution in [0.4, 0.5) is 5.69 Å². The molecule has 6 heteroatoms. The Morgan fingerprint density at radius 3 is 2.48 bits per heavy atom. The van der Waals surface area contributed by atoms with E-state index in [0.29, 0.717) is 32.0 Å². The van der Waals surface area contributed by atoms with E-state index in [1.165, 1.54) is 4.90 Å². The summed E-state index contributed by atoms with van der Waals surface area (Å²) in [6.45, 7) is 4.04. The van der Waals surface area contributed by atoms with Crippen LogP contribution in [0.15, 0.2) is 30.3 Å². The molecule has 1 heterocycles. The number of rotatable bonds is 5. The van der Waals surface area contributed by atoms with Crippen molar-refractivity contribution in [3.63, 3.8) is 0 Å². The number of carboxylic acid groups (broad SMARTS) is 1. The van der Waals surface area contributed by atoms with Crippen molar-refractivity contribution in [2.45, 2.75) is 13.0 Å². The van der Waals surface area contributed by atoms with Crippen molar-refractivity contribution < 1.29 is 19.4 Å². The molecule has 0 spiro atoms. The Morgan fingerprint density at radius 1 is 1.29 bits per heavy atom. The Kier molecular flexibility index (Phi) is 5.30. The number of carbonyl (C=O) groups is 2. The topological polar surface area (TPSA) is 70.1 Å². The zero-order chi connectivity index (χ0) is 15.2. The van der Waals surface area contributed by atoms with Crippen LogP contribution in [0.2, 0.25) is 0 Å². The number of nitrogens with zero attached hydrogens (tertiary/aromatic N) is 2. The molecule has 1 atom stereocenters. The average Bonchev–Trinajstić information content (AvgIpc) is 2.53. The number of hydrogen-bond donors (Lipinski definition) is 1. The molecule has 1 fully saturated rings. The number of anilines is 1. The first-order valence-corrected chi connectivity index (χ1v) is 6.99. The maximum atomic E-state index is 12.7. The minimum atomic E-state index is -1.03. The second kappa shape index (κ2) is 7.19. The summed E-state index contributed by atoms with van der Waals surface area (Å²) in [4.78, 5) is 27.1. The van der Waals surface area contributed by atoms with Crippen LogP contribution < -0.4 is 4.90 Å². The Labute approximate surface area is 123 Å². The van der Waals surface area contributed by atoms with Crippen molar-refractivity contribution in [1.82, 2.24) is 4.90 Å². The van der Waals surface area contributed by atoms with Crippen molar-refractivity contribution in [3.8, 4) is 0 Å². The van der Waals surface area contributed by atoms with Gasteiger partial charge in [-0.25, -0.2) is 0 Å². The molecule has 1 amide bonds. The van der Waals surface area contributed by atoms with Gasteiger partial charge in [0.1, 0.15) is 6.54 Å². The molecule has 0 saturated carbocycles. The molecule has 1 aromatic carbocycles. The first-order chi connectivity index (χ1) is 10.1. The predicted molar refractivity (Wildman–Crippen MR) is 78.3 cm³/mol. The van der Waals surface area contributed by atoms with E-state index >= 15 is 0 Å². The molecule has 1 N–H and O–H groups in total. The predicted octanol–water partition coefficient (Wildman–Crippen LogP) is 0.825. The quantitative estimate of drug-likeness (QED) is 0.870. The fraction of sp³-hybridized carbons (Fsp3) is 0.467. The van der Waals surface area contributed by atoms with Crippen LogP contribution in [0.1, 0.15) is 6.92 Å². The first-order valence-electron chi connectivity index (χ1n) is 6.99. The summed E-state index contributed by atoms with van der Waals surface area (Å²) in [5.41, 5.74) is 0.602. The minimum Gasteiger partial charge on any atom is -0.480 e. The normalized spacial score (nSPS) is 17.2. The van der Waals surface area contributed by atoms with E-state index in [9.17, 15) is 9.59 Å². The molecule has 114 valence electrons. The fourth-order valence-corrected chi connectivity index (χ4v) is 2.39. The van der Waals surface area contributed by atoms with Crippen LogP contribution in [0.3, 0.4) is 0 Å². The van der Waals surface area contributed by atoms with Crippen molar-refractivity contribution in [1.29, 1.82) is 0 Å². The van der Waals surface area contributed by atoms with E-state index in [2.05, 4.69) is 0 Å². The van der Waals surface area contributed by atoms with Gasteiger partial charge >= 0.3 is 5.97 Å². The summed E-state index contributed by atoms with van der Waals surface area (Å²) >= 11 is 0. The molecule has 1 aliphatic rings. The molecule has 0 radical (unpaired) electrons. The van der Waals surface area contributed by atoms with E-state index in [1.54, 1.807) is 24.3 Å². The zero-order valence-electron chi connectivity index (χ0n) is 12.1. The number of amides is 1. The van der Waals surface area contributed by atoms with Gasteiger partial charge in [0.05, 0.1) is 19.3 Å². The SMILES string of the molecule is CC(C(=O)N(CC(=O)O)c1ccccc1)N1CCOCC1. The molecular formula is C15H20N2O4. The molecule has 2 rings (SSSR count). The molecule has 0 aliphatic carbocycles. The highest BCUT2D eigenvalue weighted by molar-refractivity contribution is 6.00. The molecule has 0 bridgehead atoms. The van der Waals surface area contributed by atoms with Crippen LogP contribution in [0, 0.1) is 0 Å². The van der Waals surface area contributed by atoms with E-state index in [1.807, 2.05) is 17.9 Å². The standard InChI is InChI=1S/C15H20N2O4/c1-12(16-7-9-21-10-8-16)15(20)17(11-14(18)19)13-5-3-2-4-6-13/h2-6,12H,7-11H2,1H3,(H,18,19). The number of benzene rings is 1. The molecule has 1 aromatic rings. The van der Waals surface area contributed by atoms with E-state index in [4.69, 9.17) is 9.84 Å². The van der Waals surface area contributed by atoms with Gasteiger partial charge in [-0.1, -0.05) is 18.2 Å². The summed E-state index contributed by atoms with van der Waals surface area (Å²) < 4.78 is 5.28.